The quantitative estimate of drug-likeness (QED) is 0.511. The van der Waals surface area contributed by atoms with Gasteiger partial charge in [-0.25, -0.2) is 9.59 Å². The largest absolute Gasteiger partial charge is 0.473 e. The minimum absolute atomic E-state index is 0.109. The predicted octanol–water partition coefficient (Wildman–Crippen LogP) is -0.182. The number of primary amides is 1. The minimum atomic E-state index is -1.82. The lowest BCUT2D eigenvalue weighted by atomic mass is 10.1. The number of aliphatic carboxylic acids is 2. The third-order valence-corrected chi connectivity index (χ3v) is 1.94. The van der Waals surface area contributed by atoms with Crippen LogP contribution < -0.4 is 5.73 Å². The zero-order valence-electron chi connectivity index (χ0n) is 7.60. The molecular formula is C8H13NO5. The number of hydrogen-bond donors (Lipinski definition) is 3. The van der Waals surface area contributed by atoms with Crippen molar-refractivity contribution in [3.8, 4) is 0 Å². The average Bonchev–Trinajstić information content (AvgIpc) is 2.56. The Morgan fingerprint density at radius 1 is 1.00 bits per heavy atom. The topological polar surface area (TPSA) is 118 Å². The molecule has 4 N–H and O–H groups in total. The van der Waals surface area contributed by atoms with Crippen LogP contribution in [0.15, 0.2) is 0 Å². The molecule has 0 saturated heterocycles. The van der Waals surface area contributed by atoms with E-state index in [4.69, 9.17) is 25.5 Å². The molecule has 1 aliphatic rings. The Balaban J connectivity index is 0.000000255. The molecule has 80 valence electrons. The van der Waals surface area contributed by atoms with Gasteiger partial charge in [0.1, 0.15) is 0 Å². The van der Waals surface area contributed by atoms with E-state index in [-0.39, 0.29) is 11.8 Å². The van der Waals surface area contributed by atoms with Crippen LogP contribution >= 0.6 is 0 Å². The molecule has 6 heteroatoms. The molecular weight excluding hydrogens is 190 g/mol. The number of hydrogen-bond acceptors (Lipinski definition) is 3. The molecule has 0 aromatic carbocycles. The summed E-state index contributed by atoms with van der Waals surface area (Å²) in [7, 11) is 0. The van der Waals surface area contributed by atoms with Crippen molar-refractivity contribution in [3.63, 3.8) is 0 Å². The van der Waals surface area contributed by atoms with Gasteiger partial charge in [0.15, 0.2) is 0 Å². The zero-order valence-corrected chi connectivity index (χ0v) is 7.60. The molecule has 14 heavy (non-hydrogen) atoms. The number of carbonyl (C=O) groups is 3. The van der Waals surface area contributed by atoms with E-state index in [9.17, 15) is 4.79 Å². The van der Waals surface area contributed by atoms with Crippen LogP contribution in [0.25, 0.3) is 0 Å². The van der Waals surface area contributed by atoms with E-state index in [1.165, 1.54) is 12.8 Å². The summed E-state index contributed by atoms with van der Waals surface area (Å²) in [6, 6.07) is 0. The molecule has 0 aliphatic heterocycles. The zero-order chi connectivity index (χ0) is 11.1. The Kier molecular flexibility index (Phi) is 5.28. The van der Waals surface area contributed by atoms with Gasteiger partial charge in [-0.05, 0) is 12.8 Å². The number of rotatable bonds is 1. The lowest BCUT2D eigenvalue weighted by molar-refractivity contribution is -0.159. The van der Waals surface area contributed by atoms with E-state index in [2.05, 4.69) is 0 Å². The van der Waals surface area contributed by atoms with Crippen molar-refractivity contribution < 1.29 is 24.6 Å². The summed E-state index contributed by atoms with van der Waals surface area (Å²) in [5.41, 5.74) is 5.06. The highest BCUT2D eigenvalue weighted by molar-refractivity contribution is 6.27. The van der Waals surface area contributed by atoms with E-state index in [0.29, 0.717) is 0 Å². The van der Waals surface area contributed by atoms with E-state index in [1.54, 1.807) is 0 Å². The van der Waals surface area contributed by atoms with Gasteiger partial charge >= 0.3 is 11.9 Å². The van der Waals surface area contributed by atoms with Crippen LogP contribution in [-0.4, -0.2) is 28.1 Å². The standard InChI is InChI=1S/C6H11NO.C2H2O4/c7-6(8)5-3-1-2-4-5;3-1(4)2(5)6/h5H,1-4H2,(H2,7,8);(H,3,4)(H,5,6). The Bertz CT molecular complexity index is 220. The van der Waals surface area contributed by atoms with Gasteiger partial charge in [0.05, 0.1) is 0 Å². The number of carboxylic acids is 2. The molecule has 1 saturated carbocycles. The fourth-order valence-corrected chi connectivity index (χ4v) is 1.21. The number of nitrogens with two attached hydrogens (primary N) is 1. The molecule has 0 heterocycles. The highest BCUT2D eigenvalue weighted by Crippen LogP contribution is 2.23. The Hall–Kier alpha value is -1.59. The van der Waals surface area contributed by atoms with Crippen molar-refractivity contribution in [1.29, 1.82) is 0 Å². The molecule has 1 amide bonds. The van der Waals surface area contributed by atoms with Crippen LogP contribution in [0.1, 0.15) is 25.7 Å². The van der Waals surface area contributed by atoms with Crippen LogP contribution in [0.2, 0.25) is 0 Å². The van der Waals surface area contributed by atoms with Gasteiger partial charge in [-0.15, -0.1) is 0 Å². The first-order valence-electron chi connectivity index (χ1n) is 4.20. The molecule has 6 nitrogen and oxygen atoms in total. The summed E-state index contributed by atoms with van der Waals surface area (Å²) in [6.07, 6.45) is 4.42. The monoisotopic (exact) mass is 203 g/mol. The first kappa shape index (κ1) is 12.4. The summed E-state index contributed by atoms with van der Waals surface area (Å²) in [5.74, 6) is -3.55. The Morgan fingerprint density at radius 3 is 1.50 bits per heavy atom. The van der Waals surface area contributed by atoms with Crippen LogP contribution in [0.3, 0.4) is 0 Å². The first-order valence-corrected chi connectivity index (χ1v) is 4.20. The van der Waals surface area contributed by atoms with Crippen molar-refractivity contribution in [2.24, 2.45) is 11.7 Å². The van der Waals surface area contributed by atoms with E-state index in [1.807, 2.05) is 0 Å². The molecule has 0 aromatic rings. The molecule has 0 spiro atoms. The number of carbonyl (C=O) groups excluding carboxylic acids is 1. The second kappa shape index (κ2) is 5.95. The average molecular weight is 203 g/mol. The van der Waals surface area contributed by atoms with E-state index >= 15 is 0 Å². The van der Waals surface area contributed by atoms with Gasteiger partial charge in [-0.3, -0.25) is 4.79 Å². The lowest BCUT2D eigenvalue weighted by Crippen LogP contribution is -2.19. The maximum Gasteiger partial charge on any atom is 0.414 e. The van der Waals surface area contributed by atoms with Gasteiger partial charge in [-0.1, -0.05) is 12.8 Å². The van der Waals surface area contributed by atoms with Crippen molar-refractivity contribution in [2.45, 2.75) is 25.7 Å². The third kappa shape index (κ3) is 5.13. The fraction of sp³-hybridized carbons (Fsp3) is 0.625. The lowest BCUT2D eigenvalue weighted by Gasteiger charge is -1.98. The molecule has 0 unspecified atom stereocenters. The van der Waals surface area contributed by atoms with Crippen LogP contribution in [-0.2, 0) is 14.4 Å². The maximum atomic E-state index is 10.4. The van der Waals surface area contributed by atoms with Gasteiger partial charge < -0.3 is 15.9 Å². The van der Waals surface area contributed by atoms with Crippen molar-refractivity contribution in [2.75, 3.05) is 0 Å². The summed E-state index contributed by atoms with van der Waals surface area (Å²) >= 11 is 0. The van der Waals surface area contributed by atoms with Gasteiger partial charge in [0.2, 0.25) is 5.91 Å². The van der Waals surface area contributed by atoms with Crippen molar-refractivity contribution >= 4 is 17.8 Å². The summed E-state index contributed by atoms with van der Waals surface area (Å²) < 4.78 is 0. The van der Waals surface area contributed by atoms with E-state index in [0.717, 1.165) is 12.8 Å². The SMILES string of the molecule is NC(=O)C1CCCC1.O=C(O)C(=O)O. The molecule has 0 radical (unpaired) electrons. The van der Waals surface area contributed by atoms with Crippen LogP contribution in [0, 0.1) is 5.92 Å². The van der Waals surface area contributed by atoms with E-state index < -0.39 is 11.9 Å². The number of amides is 1. The minimum Gasteiger partial charge on any atom is -0.473 e. The fourth-order valence-electron chi connectivity index (χ4n) is 1.21. The Morgan fingerprint density at radius 2 is 1.36 bits per heavy atom. The summed E-state index contributed by atoms with van der Waals surface area (Å²) in [6.45, 7) is 0. The maximum absolute atomic E-state index is 10.4. The molecule has 1 rings (SSSR count). The number of carboxylic acid groups (broad SMARTS) is 2. The summed E-state index contributed by atoms with van der Waals surface area (Å²) in [5, 5.41) is 14.8. The van der Waals surface area contributed by atoms with Crippen LogP contribution in [0.4, 0.5) is 0 Å². The van der Waals surface area contributed by atoms with Crippen LogP contribution in [0.5, 0.6) is 0 Å². The highest BCUT2D eigenvalue weighted by atomic mass is 16.4. The second-order valence-corrected chi connectivity index (χ2v) is 2.99. The second-order valence-electron chi connectivity index (χ2n) is 2.99. The Labute approximate surface area is 80.7 Å². The van der Waals surface area contributed by atoms with Gasteiger partial charge in [0.25, 0.3) is 0 Å². The molecule has 0 bridgehead atoms. The first-order chi connectivity index (χ1) is 6.45. The summed E-state index contributed by atoms with van der Waals surface area (Å²) in [4.78, 5) is 28.6. The molecule has 1 aliphatic carbocycles. The smallest absolute Gasteiger partial charge is 0.414 e. The third-order valence-electron chi connectivity index (χ3n) is 1.94. The predicted molar refractivity (Wildman–Crippen MR) is 46.4 cm³/mol. The molecule has 0 aromatic heterocycles. The molecule has 0 atom stereocenters. The normalized spacial score (nSPS) is 15.4. The van der Waals surface area contributed by atoms with Gasteiger partial charge in [-0.2, -0.15) is 0 Å². The molecule has 1 fully saturated rings. The van der Waals surface area contributed by atoms with Gasteiger partial charge in [0, 0.05) is 5.92 Å². The van der Waals surface area contributed by atoms with Crippen molar-refractivity contribution in [1.82, 2.24) is 0 Å². The highest BCUT2D eigenvalue weighted by Gasteiger charge is 2.19. The van der Waals surface area contributed by atoms with Crippen molar-refractivity contribution in [3.05, 3.63) is 0 Å².